The molecule has 1 aliphatic heterocycles. The Hall–Kier alpha value is -0.0800. The average molecular weight is 239 g/mol. The van der Waals surface area contributed by atoms with Gasteiger partial charge in [0.05, 0.1) is 11.7 Å². The molecule has 2 rings (SSSR count). The topological polar surface area (TPSA) is 21.3 Å². The van der Waals surface area contributed by atoms with E-state index in [-0.39, 0.29) is 5.60 Å². The van der Waals surface area contributed by atoms with Crippen LogP contribution in [0.5, 0.6) is 0 Å². The minimum Gasteiger partial charge on any atom is -0.369 e. The van der Waals surface area contributed by atoms with Gasteiger partial charge >= 0.3 is 0 Å². The van der Waals surface area contributed by atoms with Crippen LogP contribution in [0.1, 0.15) is 59.8 Å². The maximum Gasteiger partial charge on any atom is 0.0810 e. The Morgan fingerprint density at radius 2 is 1.94 bits per heavy atom. The summed E-state index contributed by atoms with van der Waals surface area (Å²) in [5.41, 5.74) is 0.148. The SMILES string of the molecule is CC(C)C1CCCC2(CC1)CNC(C)C(C)O2. The maximum atomic E-state index is 6.37. The molecule has 1 saturated carbocycles. The lowest BCUT2D eigenvalue weighted by molar-refractivity contribution is -0.132. The quantitative estimate of drug-likeness (QED) is 0.757. The van der Waals surface area contributed by atoms with Crippen molar-refractivity contribution >= 4 is 0 Å². The molecule has 4 unspecified atom stereocenters. The van der Waals surface area contributed by atoms with Crippen LogP contribution < -0.4 is 5.32 Å². The second-order valence-electron chi connectivity index (χ2n) is 6.61. The zero-order valence-electron chi connectivity index (χ0n) is 12.0. The molecule has 2 aliphatic rings. The second-order valence-corrected chi connectivity index (χ2v) is 6.61. The van der Waals surface area contributed by atoms with Crippen LogP contribution in [-0.4, -0.2) is 24.3 Å². The molecule has 2 fully saturated rings. The van der Waals surface area contributed by atoms with Gasteiger partial charge in [0.15, 0.2) is 0 Å². The summed E-state index contributed by atoms with van der Waals surface area (Å²) in [7, 11) is 0. The van der Waals surface area contributed by atoms with Gasteiger partial charge < -0.3 is 10.1 Å². The van der Waals surface area contributed by atoms with Crippen molar-refractivity contribution in [3.05, 3.63) is 0 Å². The fraction of sp³-hybridized carbons (Fsp3) is 1.00. The molecule has 1 N–H and O–H groups in total. The molecule has 0 aromatic heterocycles. The van der Waals surface area contributed by atoms with Gasteiger partial charge in [-0.25, -0.2) is 0 Å². The summed E-state index contributed by atoms with van der Waals surface area (Å²) in [5, 5.41) is 3.64. The molecule has 2 heteroatoms. The van der Waals surface area contributed by atoms with Crippen LogP contribution >= 0.6 is 0 Å². The van der Waals surface area contributed by atoms with E-state index in [1.807, 2.05) is 0 Å². The van der Waals surface area contributed by atoms with Gasteiger partial charge in [0.1, 0.15) is 0 Å². The van der Waals surface area contributed by atoms with E-state index in [1.54, 1.807) is 0 Å². The monoisotopic (exact) mass is 239 g/mol. The standard InChI is InChI=1S/C15H29NO/c1-11(2)14-6-5-8-15(9-7-14)10-16-12(3)13(4)17-15/h11-14,16H,5-10H2,1-4H3. The molecule has 1 spiro atoms. The summed E-state index contributed by atoms with van der Waals surface area (Å²) in [5.74, 6) is 1.74. The highest BCUT2D eigenvalue weighted by Crippen LogP contribution is 2.38. The van der Waals surface area contributed by atoms with Gasteiger partial charge in [0, 0.05) is 12.6 Å². The van der Waals surface area contributed by atoms with Gasteiger partial charge in [-0.1, -0.05) is 26.7 Å². The Bertz CT molecular complexity index is 253. The van der Waals surface area contributed by atoms with Crippen molar-refractivity contribution in [2.24, 2.45) is 11.8 Å². The van der Waals surface area contributed by atoms with Crippen molar-refractivity contribution in [2.45, 2.75) is 77.5 Å². The highest BCUT2D eigenvalue weighted by Gasteiger charge is 2.40. The van der Waals surface area contributed by atoms with E-state index < -0.39 is 0 Å². The molecular formula is C15H29NO. The highest BCUT2D eigenvalue weighted by atomic mass is 16.5. The Balaban J connectivity index is 1.97. The van der Waals surface area contributed by atoms with Gasteiger partial charge in [0.2, 0.25) is 0 Å². The predicted molar refractivity (Wildman–Crippen MR) is 72.2 cm³/mol. The number of morpholine rings is 1. The van der Waals surface area contributed by atoms with Gasteiger partial charge in [-0.2, -0.15) is 0 Å². The van der Waals surface area contributed by atoms with E-state index in [9.17, 15) is 0 Å². The van der Waals surface area contributed by atoms with Crippen LogP contribution in [0.3, 0.4) is 0 Å². The second kappa shape index (κ2) is 5.27. The van der Waals surface area contributed by atoms with Crippen LogP contribution in [-0.2, 0) is 4.74 Å². The molecule has 4 atom stereocenters. The number of hydrogen-bond donors (Lipinski definition) is 1. The summed E-state index contributed by atoms with van der Waals surface area (Å²) in [4.78, 5) is 0. The molecule has 1 aliphatic carbocycles. The minimum atomic E-state index is 0.148. The van der Waals surface area contributed by atoms with Crippen LogP contribution in [0.15, 0.2) is 0 Å². The number of nitrogens with one attached hydrogen (secondary N) is 1. The lowest BCUT2D eigenvalue weighted by atomic mass is 9.87. The molecule has 0 bridgehead atoms. The summed E-state index contributed by atoms with van der Waals surface area (Å²) >= 11 is 0. The van der Waals surface area contributed by atoms with Gasteiger partial charge in [-0.05, 0) is 44.9 Å². The van der Waals surface area contributed by atoms with Crippen molar-refractivity contribution < 1.29 is 4.74 Å². The Morgan fingerprint density at radius 3 is 2.59 bits per heavy atom. The molecule has 2 nitrogen and oxygen atoms in total. The van der Waals surface area contributed by atoms with Crippen molar-refractivity contribution in [1.29, 1.82) is 0 Å². The van der Waals surface area contributed by atoms with E-state index in [4.69, 9.17) is 4.74 Å². The van der Waals surface area contributed by atoms with Crippen molar-refractivity contribution in [3.8, 4) is 0 Å². The van der Waals surface area contributed by atoms with Crippen LogP contribution in [0.2, 0.25) is 0 Å². The van der Waals surface area contributed by atoms with Gasteiger partial charge in [-0.15, -0.1) is 0 Å². The minimum absolute atomic E-state index is 0.148. The zero-order chi connectivity index (χ0) is 12.5. The first-order valence-corrected chi connectivity index (χ1v) is 7.44. The average Bonchev–Trinajstić information content (AvgIpc) is 2.48. The first-order chi connectivity index (χ1) is 8.02. The van der Waals surface area contributed by atoms with Crippen molar-refractivity contribution in [3.63, 3.8) is 0 Å². The van der Waals surface area contributed by atoms with E-state index >= 15 is 0 Å². The lowest BCUT2D eigenvalue weighted by Crippen LogP contribution is -2.57. The van der Waals surface area contributed by atoms with E-state index in [0.717, 1.165) is 18.4 Å². The summed E-state index contributed by atoms with van der Waals surface area (Å²) in [6.45, 7) is 10.2. The predicted octanol–water partition coefficient (Wildman–Crippen LogP) is 3.36. The summed E-state index contributed by atoms with van der Waals surface area (Å²) in [6.07, 6.45) is 6.94. The lowest BCUT2D eigenvalue weighted by Gasteiger charge is -2.43. The van der Waals surface area contributed by atoms with Gasteiger partial charge in [0.25, 0.3) is 0 Å². The number of hydrogen-bond acceptors (Lipinski definition) is 2. The number of rotatable bonds is 1. The maximum absolute atomic E-state index is 6.37. The fourth-order valence-corrected chi connectivity index (χ4v) is 3.42. The molecule has 0 aromatic carbocycles. The molecular weight excluding hydrogens is 210 g/mol. The summed E-state index contributed by atoms with van der Waals surface area (Å²) in [6, 6.07) is 0.504. The van der Waals surface area contributed by atoms with Gasteiger partial charge in [-0.3, -0.25) is 0 Å². The van der Waals surface area contributed by atoms with Crippen LogP contribution in [0, 0.1) is 11.8 Å². The molecule has 1 saturated heterocycles. The Morgan fingerprint density at radius 1 is 1.18 bits per heavy atom. The number of ether oxygens (including phenoxy) is 1. The van der Waals surface area contributed by atoms with Crippen LogP contribution in [0.25, 0.3) is 0 Å². The first kappa shape index (κ1) is 13.4. The molecule has 100 valence electrons. The van der Waals surface area contributed by atoms with Crippen molar-refractivity contribution in [2.75, 3.05) is 6.54 Å². The Labute approximate surface area is 107 Å². The fourth-order valence-electron chi connectivity index (χ4n) is 3.42. The molecule has 1 heterocycles. The smallest absolute Gasteiger partial charge is 0.0810 e. The molecule has 0 radical (unpaired) electrons. The van der Waals surface area contributed by atoms with Crippen molar-refractivity contribution in [1.82, 2.24) is 5.32 Å². The normalized spacial score (nSPS) is 43.9. The Kier molecular flexibility index (Phi) is 4.14. The highest BCUT2D eigenvalue weighted by molar-refractivity contribution is 4.93. The molecule has 17 heavy (non-hydrogen) atoms. The summed E-state index contributed by atoms with van der Waals surface area (Å²) < 4.78 is 6.37. The largest absolute Gasteiger partial charge is 0.369 e. The molecule has 0 aromatic rings. The molecule has 0 amide bonds. The van der Waals surface area contributed by atoms with E-state index in [1.165, 1.54) is 32.1 Å². The van der Waals surface area contributed by atoms with E-state index in [2.05, 4.69) is 33.0 Å². The van der Waals surface area contributed by atoms with E-state index in [0.29, 0.717) is 12.1 Å². The third-order valence-corrected chi connectivity index (χ3v) is 5.01. The first-order valence-electron chi connectivity index (χ1n) is 7.44. The zero-order valence-corrected chi connectivity index (χ0v) is 12.0. The third kappa shape index (κ3) is 3.03. The van der Waals surface area contributed by atoms with Crippen LogP contribution in [0.4, 0.5) is 0 Å². The third-order valence-electron chi connectivity index (χ3n) is 5.01.